The predicted octanol–water partition coefficient (Wildman–Crippen LogP) is 2.63. The first-order valence-corrected chi connectivity index (χ1v) is 6.55. The topological polar surface area (TPSA) is 66.5 Å². The minimum absolute atomic E-state index is 0.164. The standard InChI is InChI=1S/C11H17N5S/c1-7(2)6-10-15-16-11(17-10)13-8(3)9-4-5-12-14-9/h4-5,7-8H,6H2,1-3H3,(H,12,14)(H,13,16). The van der Waals surface area contributed by atoms with E-state index in [9.17, 15) is 0 Å². The molecular weight excluding hydrogens is 234 g/mol. The van der Waals surface area contributed by atoms with Crippen LogP contribution in [0, 0.1) is 5.92 Å². The molecule has 2 heterocycles. The maximum atomic E-state index is 4.17. The highest BCUT2D eigenvalue weighted by molar-refractivity contribution is 7.15. The lowest BCUT2D eigenvalue weighted by Crippen LogP contribution is -2.06. The zero-order valence-corrected chi connectivity index (χ0v) is 11.1. The van der Waals surface area contributed by atoms with Gasteiger partial charge < -0.3 is 5.32 Å². The smallest absolute Gasteiger partial charge is 0.206 e. The van der Waals surface area contributed by atoms with Crippen molar-refractivity contribution in [1.29, 1.82) is 0 Å². The first-order chi connectivity index (χ1) is 8.15. The van der Waals surface area contributed by atoms with Crippen molar-refractivity contribution in [2.45, 2.75) is 33.2 Å². The molecule has 6 heteroatoms. The van der Waals surface area contributed by atoms with Crippen LogP contribution in [0.4, 0.5) is 5.13 Å². The first kappa shape index (κ1) is 12.0. The van der Waals surface area contributed by atoms with Gasteiger partial charge in [-0.05, 0) is 18.9 Å². The largest absolute Gasteiger partial charge is 0.352 e. The molecule has 1 unspecified atom stereocenters. The van der Waals surface area contributed by atoms with E-state index in [0.29, 0.717) is 5.92 Å². The highest BCUT2D eigenvalue weighted by Crippen LogP contribution is 2.22. The molecule has 17 heavy (non-hydrogen) atoms. The number of nitrogens with one attached hydrogen (secondary N) is 2. The molecule has 0 saturated carbocycles. The Balaban J connectivity index is 1.97. The van der Waals surface area contributed by atoms with Gasteiger partial charge in [0.15, 0.2) is 0 Å². The molecule has 0 aliphatic carbocycles. The van der Waals surface area contributed by atoms with E-state index in [0.717, 1.165) is 22.3 Å². The second-order valence-corrected chi connectivity index (χ2v) is 5.54. The van der Waals surface area contributed by atoms with Crippen LogP contribution in [0.2, 0.25) is 0 Å². The number of aromatic amines is 1. The second kappa shape index (κ2) is 5.27. The molecule has 5 nitrogen and oxygen atoms in total. The second-order valence-electron chi connectivity index (χ2n) is 4.48. The van der Waals surface area contributed by atoms with Gasteiger partial charge in [0.2, 0.25) is 5.13 Å². The molecule has 0 amide bonds. The Kier molecular flexibility index (Phi) is 3.73. The van der Waals surface area contributed by atoms with Crippen LogP contribution < -0.4 is 5.32 Å². The van der Waals surface area contributed by atoms with E-state index in [4.69, 9.17) is 0 Å². The molecule has 0 fully saturated rings. The van der Waals surface area contributed by atoms with Gasteiger partial charge in [0.05, 0.1) is 11.7 Å². The third-order valence-corrected chi connectivity index (χ3v) is 3.26. The zero-order valence-electron chi connectivity index (χ0n) is 10.3. The van der Waals surface area contributed by atoms with Gasteiger partial charge in [-0.3, -0.25) is 5.10 Å². The maximum absolute atomic E-state index is 4.17. The Hall–Kier alpha value is -1.43. The lowest BCUT2D eigenvalue weighted by atomic mass is 10.1. The van der Waals surface area contributed by atoms with Crippen molar-refractivity contribution in [2.75, 3.05) is 5.32 Å². The first-order valence-electron chi connectivity index (χ1n) is 5.73. The quantitative estimate of drug-likeness (QED) is 0.857. The predicted molar refractivity (Wildman–Crippen MR) is 69.1 cm³/mol. The molecule has 2 aromatic heterocycles. The highest BCUT2D eigenvalue weighted by atomic mass is 32.1. The molecule has 0 aliphatic heterocycles. The lowest BCUT2D eigenvalue weighted by molar-refractivity contribution is 0.640. The van der Waals surface area contributed by atoms with Crippen LogP contribution in [-0.4, -0.2) is 20.4 Å². The van der Waals surface area contributed by atoms with E-state index >= 15 is 0 Å². The fraction of sp³-hybridized carbons (Fsp3) is 0.545. The summed E-state index contributed by atoms with van der Waals surface area (Å²) in [4.78, 5) is 0. The minimum Gasteiger partial charge on any atom is -0.352 e. The van der Waals surface area contributed by atoms with Gasteiger partial charge in [-0.2, -0.15) is 5.10 Å². The van der Waals surface area contributed by atoms with Gasteiger partial charge in [0, 0.05) is 12.6 Å². The van der Waals surface area contributed by atoms with Gasteiger partial charge >= 0.3 is 0 Å². The average molecular weight is 251 g/mol. The van der Waals surface area contributed by atoms with E-state index in [1.807, 2.05) is 6.07 Å². The number of H-pyrrole nitrogens is 1. The van der Waals surface area contributed by atoms with Crippen molar-refractivity contribution in [3.63, 3.8) is 0 Å². The molecule has 1 atom stereocenters. The number of rotatable bonds is 5. The molecule has 2 rings (SSSR count). The number of aromatic nitrogens is 4. The summed E-state index contributed by atoms with van der Waals surface area (Å²) >= 11 is 1.62. The number of nitrogens with zero attached hydrogens (tertiary/aromatic N) is 3. The summed E-state index contributed by atoms with van der Waals surface area (Å²) in [5, 5.41) is 20.4. The SMILES string of the molecule is CC(C)Cc1nnc(NC(C)c2ccn[nH]2)s1. The summed E-state index contributed by atoms with van der Waals surface area (Å²) in [7, 11) is 0. The third-order valence-electron chi connectivity index (χ3n) is 2.38. The molecular formula is C11H17N5S. The van der Waals surface area contributed by atoms with Gasteiger partial charge in [0.25, 0.3) is 0 Å². The molecule has 0 aromatic carbocycles. The highest BCUT2D eigenvalue weighted by Gasteiger charge is 2.10. The molecule has 0 radical (unpaired) electrons. The van der Waals surface area contributed by atoms with Crippen LogP contribution in [0.5, 0.6) is 0 Å². The van der Waals surface area contributed by atoms with Crippen LogP contribution in [0.1, 0.15) is 37.5 Å². The Morgan fingerprint density at radius 2 is 2.18 bits per heavy atom. The van der Waals surface area contributed by atoms with Crippen molar-refractivity contribution < 1.29 is 0 Å². The fourth-order valence-corrected chi connectivity index (χ4v) is 2.55. The lowest BCUT2D eigenvalue weighted by Gasteiger charge is -2.09. The van der Waals surface area contributed by atoms with Crippen molar-refractivity contribution in [2.24, 2.45) is 5.92 Å². The summed E-state index contributed by atoms with van der Waals surface area (Å²) in [6, 6.07) is 2.12. The summed E-state index contributed by atoms with van der Waals surface area (Å²) in [5.74, 6) is 0.612. The number of hydrogen-bond donors (Lipinski definition) is 2. The monoisotopic (exact) mass is 251 g/mol. The summed E-state index contributed by atoms with van der Waals surface area (Å²) in [5.41, 5.74) is 1.05. The number of hydrogen-bond acceptors (Lipinski definition) is 5. The Labute approximate surface area is 105 Å². The van der Waals surface area contributed by atoms with Crippen LogP contribution in [0.25, 0.3) is 0 Å². The molecule has 0 aliphatic rings. The van der Waals surface area contributed by atoms with Gasteiger partial charge in [0.1, 0.15) is 5.01 Å². The summed E-state index contributed by atoms with van der Waals surface area (Å²) in [6.45, 7) is 6.43. The average Bonchev–Trinajstić information content (AvgIpc) is 2.87. The number of anilines is 1. The van der Waals surface area contributed by atoms with Crippen molar-refractivity contribution in [1.82, 2.24) is 20.4 Å². The molecule has 2 aromatic rings. The van der Waals surface area contributed by atoms with Gasteiger partial charge in [-0.15, -0.1) is 10.2 Å². The van der Waals surface area contributed by atoms with Crippen LogP contribution >= 0.6 is 11.3 Å². The van der Waals surface area contributed by atoms with Crippen molar-refractivity contribution in [3.05, 3.63) is 23.0 Å². The molecule has 0 saturated heterocycles. The van der Waals surface area contributed by atoms with Crippen LogP contribution in [-0.2, 0) is 6.42 Å². The van der Waals surface area contributed by atoms with E-state index in [2.05, 4.69) is 46.5 Å². The molecule has 0 spiro atoms. The molecule has 0 bridgehead atoms. The maximum Gasteiger partial charge on any atom is 0.206 e. The summed E-state index contributed by atoms with van der Waals surface area (Å²) in [6.07, 6.45) is 2.73. The van der Waals surface area contributed by atoms with E-state index in [1.165, 1.54) is 0 Å². The molecule has 92 valence electrons. The fourth-order valence-electron chi connectivity index (χ4n) is 1.51. The van der Waals surface area contributed by atoms with Crippen LogP contribution in [0.3, 0.4) is 0 Å². The van der Waals surface area contributed by atoms with E-state index in [-0.39, 0.29) is 6.04 Å². The Morgan fingerprint density at radius 3 is 2.82 bits per heavy atom. The Bertz CT molecular complexity index is 448. The van der Waals surface area contributed by atoms with Crippen molar-refractivity contribution >= 4 is 16.5 Å². The third kappa shape index (κ3) is 3.26. The Morgan fingerprint density at radius 1 is 1.35 bits per heavy atom. The van der Waals surface area contributed by atoms with Crippen LogP contribution in [0.15, 0.2) is 12.3 Å². The van der Waals surface area contributed by atoms with E-state index in [1.54, 1.807) is 17.5 Å². The van der Waals surface area contributed by atoms with E-state index < -0.39 is 0 Å². The summed E-state index contributed by atoms with van der Waals surface area (Å²) < 4.78 is 0. The van der Waals surface area contributed by atoms with Gasteiger partial charge in [-0.1, -0.05) is 25.2 Å². The molecule has 2 N–H and O–H groups in total. The van der Waals surface area contributed by atoms with Crippen molar-refractivity contribution in [3.8, 4) is 0 Å². The van der Waals surface area contributed by atoms with Gasteiger partial charge in [-0.25, -0.2) is 0 Å². The minimum atomic E-state index is 0.164. The normalized spacial score (nSPS) is 12.9. The zero-order chi connectivity index (χ0) is 12.3.